The monoisotopic (exact) mass is 394 g/mol. The van der Waals surface area contributed by atoms with Crippen molar-refractivity contribution in [3.05, 3.63) is 74.2 Å². The number of aromatic nitrogens is 3. The van der Waals surface area contributed by atoms with Crippen LogP contribution in [0.4, 0.5) is 0 Å². The van der Waals surface area contributed by atoms with Gasteiger partial charge in [-0.05, 0) is 37.3 Å². The van der Waals surface area contributed by atoms with Crippen LogP contribution >= 0.6 is 35.4 Å². The summed E-state index contributed by atoms with van der Waals surface area (Å²) in [5.41, 5.74) is 4.97. The summed E-state index contributed by atoms with van der Waals surface area (Å²) >= 11 is 17.6. The molecule has 0 fully saturated rings. The largest absolute Gasteiger partial charge is 0.488 e. The molecule has 0 aliphatic rings. The van der Waals surface area contributed by atoms with Crippen LogP contribution in [0.1, 0.15) is 17.0 Å². The number of rotatable bonds is 6. The van der Waals surface area contributed by atoms with Crippen molar-refractivity contribution in [2.45, 2.75) is 20.1 Å². The molecular weight excluding hydrogens is 379 g/mol. The second kappa shape index (κ2) is 7.91. The lowest BCUT2D eigenvalue weighted by molar-refractivity contribution is 0.303. The van der Waals surface area contributed by atoms with Crippen molar-refractivity contribution in [2.24, 2.45) is 0 Å². The predicted molar refractivity (Wildman–Crippen MR) is 102 cm³/mol. The first-order valence-corrected chi connectivity index (χ1v) is 8.74. The van der Waals surface area contributed by atoms with E-state index in [1.807, 2.05) is 37.3 Å². The Bertz CT molecular complexity index is 918. The van der Waals surface area contributed by atoms with Gasteiger partial charge in [0.05, 0.1) is 6.54 Å². The molecule has 0 unspecified atom stereocenters. The fourth-order valence-corrected chi connectivity index (χ4v) is 3.09. The lowest BCUT2D eigenvalue weighted by Crippen LogP contribution is -2.16. The van der Waals surface area contributed by atoms with E-state index in [1.165, 1.54) is 0 Å². The number of aromatic amines is 1. The maximum atomic E-state index is 6.20. The van der Waals surface area contributed by atoms with Crippen LogP contribution in [0.3, 0.4) is 0 Å². The number of ether oxygens (including phenoxy) is 1. The standard InChI is InChI=1S/C17H16Cl2N4OS/c1-11-21-22-17(25)23(11)20-9-12-5-2-3-8-16(12)24-10-13-14(18)6-4-7-15(13)19/h2-8,20H,9-10H2,1H3,(H,22,25). The Balaban J connectivity index is 1.74. The van der Waals surface area contributed by atoms with Gasteiger partial charge in [-0.2, -0.15) is 5.10 Å². The van der Waals surface area contributed by atoms with Gasteiger partial charge >= 0.3 is 0 Å². The van der Waals surface area contributed by atoms with E-state index in [1.54, 1.807) is 16.8 Å². The summed E-state index contributed by atoms with van der Waals surface area (Å²) < 4.78 is 8.18. The minimum Gasteiger partial charge on any atom is -0.488 e. The summed E-state index contributed by atoms with van der Waals surface area (Å²) in [5.74, 6) is 1.50. The van der Waals surface area contributed by atoms with Crippen molar-refractivity contribution >= 4 is 35.4 Å². The maximum Gasteiger partial charge on any atom is 0.214 e. The van der Waals surface area contributed by atoms with Gasteiger partial charge in [0.2, 0.25) is 4.77 Å². The molecule has 8 heteroatoms. The molecule has 130 valence electrons. The Labute approximate surface area is 160 Å². The van der Waals surface area contributed by atoms with E-state index in [0.29, 0.717) is 28.0 Å². The number of benzene rings is 2. The minimum absolute atomic E-state index is 0.291. The average molecular weight is 395 g/mol. The fraction of sp³-hybridized carbons (Fsp3) is 0.176. The zero-order valence-electron chi connectivity index (χ0n) is 13.4. The highest BCUT2D eigenvalue weighted by molar-refractivity contribution is 7.71. The summed E-state index contributed by atoms with van der Waals surface area (Å²) in [7, 11) is 0. The Morgan fingerprint density at radius 2 is 1.88 bits per heavy atom. The maximum absolute atomic E-state index is 6.20. The lowest BCUT2D eigenvalue weighted by Gasteiger charge is -2.14. The van der Waals surface area contributed by atoms with Gasteiger partial charge in [-0.15, -0.1) is 0 Å². The average Bonchev–Trinajstić information content (AvgIpc) is 2.92. The Morgan fingerprint density at radius 1 is 1.16 bits per heavy atom. The van der Waals surface area contributed by atoms with Crippen molar-refractivity contribution in [1.29, 1.82) is 0 Å². The number of halogens is 2. The van der Waals surface area contributed by atoms with Gasteiger partial charge in [-0.1, -0.05) is 47.5 Å². The van der Waals surface area contributed by atoms with Crippen LogP contribution in [0.5, 0.6) is 5.75 Å². The van der Waals surface area contributed by atoms with E-state index in [9.17, 15) is 0 Å². The molecule has 0 bridgehead atoms. The second-order valence-corrected chi connectivity index (χ2v) is 6.54. The third-order valence-electron chi connectivity index (χ3n) is 3.67. The van der Waals surface area contributed by atoms with Crippen LogP contribution in [0.25, 0.3) is 0 Å². The number of hydrogen-bond acceptors (Lipinski definition) is 4. The Kier molecular flexibility index (Phi) is 5.63. The highest BCUT2D eigenvalue weighted by Crippen LogP contribution is 2.27. The van der Waals surface area contributed by atoms with Crippen molar-refractivity contribution in [1.82, 2.24) is 14.9 Å². The molecule has 0 saturated carbocycles. The Morgan fingerprint density at radius 3 is 2.56 bits per heavy atom. The molecule has 3 rings (SSSR count). The van der Waals surface area contributed by atoms with Crippen LogP contribution in [0, 0.1) is 11.7 Å². The number of hydrogen-bond donors (Lipinski definition) is 2. The molecule has 1 aromatic heterocycles. The second-order valence-electron chi connectivity index (χ2n) is 5.34. The first kappa shape index (κ1) is 17.8. The van der Waals surface area contributed by atoms with Crippen LogP contribution in [0.2, 0.25) is 10.0 Å². The van der Waals surface area contributed by atoms with Crippen LogP contribution in [-0.2, 0) is 13.2 Å². The molecule has 0 saturated heterocycles. The number of H-pyrrole nitrogens is 1. The molecule has 0 radical (unpaired) electrons. The summed E-state index contributed by atoms with van der Waals surface area (Å²) in [5, 5.41) is 7.98. The van der Waals surface area contributed by atoms with Gasteiger partial charge in [0, 0.05) is 21.2 Å². The zero-order chi connectivity index (χ0) is 17.8. The van der Waals surface area contributed by atoms with Crippen LogP contribution in [0.15, 0.2) is 42.5 Å². The molecule has 1 heterocycles. The summed E-state index contributed by atoms with van der Waals surface area (Å²) in [4.78, 5) is 0. The summed E-state index contributed by atoms with van der Waals surface area (Å²) in [6, 6.07) is 13.2. The van der Waals surface area contributed by atoms with E-state index >= 15 is 0 Å². The zero-order valence-corrected chi connectivity index (χ0v) is 15.8. The topological polar surface area (TPSA) is 54.9 Å². The molecule has 0 aliphatic heterocycles. The third kappa shape index (κ3) is 4.15. The molecule has 5 nitrogen and oxygen atoms in total. The normalized spacial score (nSPS) is 10.7. The van der Waals surface area contributed by atoms with Crippen molar-refractivity contribution < 1.29 is 4.74 Å². The first-order valence-electron chi connectivity index (χ1n) is 7.57. The molecule has 0 amide bonds. The molecule has 0 spiro atoms. The number of nitrogens with one attached hydrogen (secondary N) is 2. The number of para-hydroxylation sites is 1. The highest BCUT2D eigenvalue weighted by atomic mass is 35.5. The molecule has 2 aromatic carbocycles. The molecule has 3 aromatic rings. The summed E-state index contributed by atoms with van der Waals surface area (Å²) in [6.45, 7) is 2.68. The lowest BCUT2D eigenvalue weighted by atomic mass is 10.2. The van der Waals surface area contributed by atoms with Gasteiger partial charge in [-0.25, -0.2) is 4.68 Å². The van der Waals surface area contributed by atoms with E-state index in [-0.39, 0.29) is 0 Å². The predicted octanol–water partition coefficient (Wildman–Crippen LogP) is 4.88. The number of nitrogens with zero attached hydrogens (tertiary/aromatic N) is 2. The summed E-state index contributed by atoms with van der Waals surface area (Å²) in [6.07, 6.45) is 0. The van der Waals surface area contributed by atoms with E-state index < -0.39 is 0 Å². The van der Waals surface area contributed by atoms with Gasteiger partial charge in [-0.3, -0.25) is 5.10 Å². The van der Waals surface area contributed by atoms with Gasteiger partial charge < -0.3 is 10.2 Å². The van der Waals surface area contributed by atoms with Gasteiger partial charge in [0.1, 0.15) is 18.2 Å². The molecule has 25 heavy (non-hydrogen) atoms. The highest BCUT2D eigenvalue weighted by Gasteiger charge is 2.09. The Hall–Kier alpha value is -2.02. The van der Waals surface area contributed by atoms with Crippen molar-refractivity contribution in [3.8, 4) is 5.75 Å². The fourth-order valence-electron chi connectivity index (χ4n) is 2.34. The van der Waals surface area contributed by atoms with Crippen LogP contribution < -0.4 is 10.2 Å². The molecule has 0 atom stereocenters. The van der Waals surface area contributed by atoms with Crippen LogP contribution in [-0.4, -0.2) is 14.9 Å². The van der Waals surface area contributed by atoms with Gasteiger partial charge in [0.15, 0.2) is 0 Å². The molecular formula is C17H16Cl2N4OS. The third-order valence-corrected chi connectivity index (χ3v) is 4.66. The quantitative estimate of drug-likeness (QED) is 0.585. The SMILES string of the molecule is Cc1n[nH]c(=S)n1NCc1ccccc1OCc1c(Cl)cccc1Cl. The van der Waals surface area contributed by atoms with Gasteiger partial charge in [0.25, 0.3) is 0 Å². The smallest absolute Gasteiger partial charge is 0.214 e. The minimum atomic E-state index is 0.291. The number of aryl methyl sites for hydroxylation is 1. The van der Waals surface area contributed by atoms with E-state index in [4.69, 9.17) is 40.2 Å². The van der Waals surface area contributed by atoms with E-state index in [2.05, 4.69) is 15.6 Å². The van der Waals surface area contributed by atoms with Crippen molar-refractivity contribution in [2.75, 3.05) is 5.43 Å². The molecule has 2 N–H and O–H groups in total. The first-order chi connectivity index (χ1) is 12.1. The van der Waals surface area contributed by atoms with E-state index in [0.717, 1.165) is 22.7 Å². The molecule has 0 aliphatic carbocycles. The van der Waals surface area contributed by atoms with Crippen molar-refractivity contribution in [3.63, 3.8) is 0 Å².